The molecule has 0 bridgehead atoms. The molecule has 2 aromatic rings. The Bertz CT molecular complexity index is 847. The van der Waals surface area contributed by atoms with Gasteiger partial charge in [-0.05, 0) is 19.9 Å². The number of nitrogens with zero attached hydrogens (tertiary/aromatic N) is 2. The molecular weight excluding hydrogens is 336 g/mol. The fourth-order valence-electron chi connectivity index (χ4n) is 2.83. The Hall–Kier alpha value is -2.44. The van der Waals surface area contributed by atoms with Gasteiger partial charge >= 0.3 is 0 Å². The highest BCUT2D eigenvalue weighted by atomic mass is 19.3. The van der Waals surface area contributed by atoms with Crippen LogP contribution in [0.4, 0.5) is 17.6 Å². The van der Waals surface area contributed by atoms with E-state index in [1.54, 1.807) is 6.07 Å². The van der Waals surface area contributed by atoms with Crippen molar-refractivity contribution in [3.05, 3.63) is 58.9 Å². The van der Waals surface area contributed by atoms with Crippen LogP contribution in [0.15, 0.2) is 41.5 Å². The van der Waals surface area contributed by atoms with Crippen molar-refractivity contribution in [1.82, 2.24) is 4.98 Å². The lowest BCUT2D eigenvalue weighted by molar-refractivity contribution is -0.0681. The van der Waals surface area contributed by atoms with Crippen LogP contribution in [0, 0.1) is 0 Å². The highest BCUT2D eigenvalue weighted by Gasteiger charge is 2.52. The van der Waals surface area contributed by atoms with Crippen molar-refractivity contribution in [3.8, 4) is 5.75 Å². The van der Waals surface area contributed by atoms with Crippen molar-refractivity contribution in [2.75, 3.05) is 7.11 Å². The van der Waals surface area contributed by atoms with Crippen LogP contribution in [0.25, 0.3) is 0 Å². The van der Waals surface area contributed by atoms with Gasteiger partial charge in [0.25, 0.3) is 12.3 Å². The molecule has 25 heavy (non-hydrogen) atoms. The summed E-state index contributed by atoms with van der Waals surface area (Å²) in [4.78, 5) is 7.95. The number of aliphatic imine (C=N–C) groups is 1. The standard InChI is InChI=1S/C18H16F4N2O/c1-17(2)18(21,22)12-7-5-4-6-11(12)14(24-17)10-8-13(25-3)15(16(19)20)23-9-10/h4-9,16H,1-3H3. The first-order valence-corrected chi connectivity index (χ1v) is 7.59. The van der Waals surface area contributed by atoms with Gasteiger partial charge in [-0.3, -0.25) is 9.98 Å². The van der Waals surface area contributed by atoms with E-state index < -0.39 is 23.6 Å². The monoisotopic (exact) mass is 352 g/mol. The molecule has 0 amide bonds. The number of fused-ring (bicyclic) bond motifs is 1. The predicted molar refractivity (Wildman–Crippen MR) is 85.8 cm³/mol. The van der Waals surface area contributed by atoms with E-state index in [1.165, 1.54) is 51.4 Å². The molecule has 1 aromatic heterocycles. The van der Waals surface area contributed by atoms with E-state index in [9.17, 15) is 17.6 Å². The van der Waals surface area contributed by atoms with E-state index >= 15 is 0 Å². The van der Waals surface area contributed by atoms with Gasteiger partial charge in [0.2, 0.25) is 0 Å². The van der Waals surface area contributed by atoms with Crippen LogP contribution in [0.3, 0.4) is 0 Å². The second-order valence-electron chi connectivity index (χ2n) is 6.25. The normalized spacial score (nSPS) is 17.8. The Balaban J connectivity index is 2.22. The molecule has 0 N–H and O–H groups in total. The number of halogens is 4. The molecule has 0 saturated heterocycles. The molecule has 3 rings (SSSR count). The summed E-state index contributed by atoms with van der Waals surface area (Å²) in [6.07, 6.45) is -1.59. The van der Waals surface area contributed by atoms with Crippen molar-refractivity contribution >= 4 is 5.71 Å². The highest BCUT2D eigenvalue weighted by Crippen LogP contribution is 2.46. The SMILES string of the molecule is COc1cc(C2=NC(C)(C)C(F)(F)c3ccccc32)cnc1C(F)F. The van der Waals surface area contributed by atoms with Crippen LogP contribution in [-0.2, 0) is 5.92 Å². The van der Waals surface area contributed by atoms with Gasteiger partial charge in [0.05, 0.1) is 12.8 Å². The molecule has 2 heterocycles. The van der Waals surface area contributed by atoms with Gasteiger partial charge in [0.15, 0.2) is 0 Å². The zero-order valence-corrected chi connectivity index (χ0v) is 13.9. The van der Waals surface area contributed by atoms with Crippen LogP contribution < -0.4 is 4.74 Å². The van der Waals surface area contributed by atoms with Crippen LogP contribution in [-0.4, -0.2) is 23.3 Å². The number of hydrogen-bond donors (Lipinski definition) is 0. The minimum Gasteiger partial charge on any atom is -0.495 e. The molecule has 1 aromatic carbocycles. The highest BCUT2D eigenvalue weighted by molar-refractivity contribution is 6.14. The van der Waals surface area contributed by atoms with Crippen LogP contribution in [0.5, 0.6) is 5.75 Å². The zero-order valence-electron chi connectivity index (χ0n) is 13.9. The number of ether oxygens (including phenoxy) is 1. The molecule has 0 spiro atoms. The van der Waals surface area contributed by atoms with Gasteiger partial charge in [-0.25, -0.2) is 8.78 Å². The third-order valence-electron chi connectivity index (χ3n) is 4.26. The smallest absolute Gasteiger partial charge is 0.297 e. The zero-order chi connectivity index (χ0) is 18.4. The molecule has 0 unspecified atom stereocenters. The van der Waals surface area contributed by atoms with Crippen LogP contribution >= 0.6 is 0 Å². The van der Waals surface area contributed by atoms with Gasteiger partial charge in [-0.15, -0.1) is 0 Å². The average molecular weight is 352 g/mol. The largest absolute Gasteiger partial charge is 0.495 e. The maximum atomic E-state index is 14.7. The Morgan fingerprint density at radius 3 is 2.44 bits per heavy atom. The van der Waals surface area contributed by atoms with E-state index in [2.05, 4.69) is 9.98 Å². The van der Waals surface area contributed by atoms with Gasteiger partial charge in [0, 0.05) is 22.9 Å². The molecular formula is C18H16F4N2O. The second kappa shape index (κ2) is 5.82. The van der Waals surface area contributed by atoms with Gasteiger partial charge in [0.1, 0.15) is 17.0 Å². The van der Waals surface area contributed by atoms with E-state index in [0.29, 0.717) is 5.56 Å². The molecule has 132 valence electrons. The topological polar surface area (TPSA) is 34.5 Å². The molecule has 0 saturated carbocycles. The average Bonchev–Trinajstić information content (AvgIpc) is 2.58. The van der Waals surface area contributed by atoms with Gasteiger partial charge < -0.3 is 4.74 Å². The Morgan fingerprint density at radius 2 is 1.80 bits per heavy atom. The Kier molecular flexibility index (Phi) is 4.05. The fraction of sp³-hybridized carbons (Fsp3) is 0.333. The minimum atomic E-state index is -3.16. The number of rotatable bonds is 3. The van der Waals surface area contributed by atoms with Crippen molar-refractivity contribution in [1.29, 1.82) is 0 Å². The number of hydrogen-bond acceptors (Lipinski definition) is 3. The Labute approximate surface area is 142 Å². The first kappa shape index (κ1) is 17.4. The van der Waals surface area contributed by atoms with Crippen LogP contribution in [0.1, 0.15) is 42.7 Å². The van der Waals surface area contributed by atoms with Crippen LogP contribution in [0.2, 0.25) is 0 Å². The summed E-state index contributed by atoms with van der Waals surface area (Å²) in [5.41, 5.74) is -1.47. The van der Waals surface area contributed by atoms with E-state index in [0.717, 1.165) is 0 Å². The summed E-state index contributed by atoms with van der Waals surface area (Å²) < 4.78 is 60.4. The van der Waals surface area contributed by atoms with E-state index in [-0.39, 0.29) is 22.6 Å². The number of methoxy groups -OCH3 is 1. The van der Waals surface area contributed by atoms with Crippen molar-refractivity contribution in [2.45, 2.75) is 31.7 Å². The number of benzene rings is 1. The summed E-state index contributed by atoms with van der Waals surface area (Å²) >= 11 is 0. The van der Waals surface area contributed by atoms with Crippen molar-refractivity contribution in [3.63, 3.8) is 0 Å². The second-order valence-corrected chi connectivity index (χ2v) is 6.25. The third kappa shape index (κ3) is 2.67. The molecule has 0 radical (unpaired) electrons. The summed E-state index contributed by atoms with van der Waals surface area (Å²) in [6, 6.07) is 7.39. The van der Waals surface area contributed by atoms with Crippen molar-refractivity contribution in [2.24, 2.45) is 4.99 Å². The lowest BCUT2D eigenvalue weighted by Gasteiger charge is -2.37. The third-order valence-corrected chi connectivity index (χ3v) is 4.26. The number of alkyl halides is 4. The predicted octanol–water partition coefficient (Wildman–Crippen LogP) is 4.75. The van der Waals surface area contributed by atoms with Gasteiger partial charge in [-0.2, -0.15) is 8.78 Å². The lowest BCUT2D eigenvalue weighted by atomic mass is 9.82. The van der Waals surface area contributed by atoms with E-state index in [4.69, 9.17) is 4.74 Å². The molecule has 1 aliphatic heterocycles. The Morgan fingerprint density at radius 1 is 1.12 bits per heavy atom. The molecule has 3 nitrogen and oxygen atoms in total. The quantitative estimate of drug-likeness (QED) is 0.747. The molecule has 0 atom stereocenters. The maximum Gasteiger partial charge on any atom is 0.297 e. The number of pyridine rings is 1. The summed E-state index contributed by atoms with van der Waals surface area (Å²) in [6.45, 7) is 2.67. The molecule has 7 heteroatoms. The van der Waals surface area contributed by atoms with E-state index in [1.807, 2.05) is 0 Å². The van der Waals surface area contributed by atoms with Gasteiger partial charge in [-0.1, -0.05) is 24.3 Å². The lowest BCUT2D eigenvalue weighted by Crippen LogP contribution is -2.44. The number of aromatic nitrogens is 1. The first-order chi connectivity index (χ1) is 11.7. The summed E-state index contributed by atoms with van der Waals surface area (Å²) in [5, 5.41) is 0. The maximum absolute atomic E-state index is 14.7. The summed E-state index contributed by atoms with van der Waals surface area (Å²) in [7, 11) is 1.25. The molecule has 0 fully saturated rings. The van der Waals surface area contributed by atoms with Crippen molar-refractivity contribution < 1.29 is 22.3 Å². The molecule has 1 aliphatic rings. The first-order valence-electron chi connectivity index (χ1n) is 7.59. The minimum absolute atomic E-state index is 0.108. The fourth-order valence-corrected chi connectivity index (χ4v) is 2.83. The summed E-state index contributed by atoms with van der Waals surface area (Å²) in [5.74, 6) is -3.27. The molecule has 0 aliphatic carbocycles.